The van der Waals surface area contributed by atoms with Crippen molar-refractivity contribution in [2.75, 3.05) is 26.0 Å². The summed E-state index contributed by atoms with van der Waals surface area (Å²) >= 11 is 1.05. The molecule has 2 aromatic rings. The molecule has 0 radical (unpaired) electrons. The number of carbonyl (C=O) groups excluding carboxylic acids is 2. The number of amides is 2. The van der Waals surface area contributed by atoms with Crippen LogP contribution in [0, 0.1) is 0 Å². The topological polar surface area (TPSA) is 84.4 Å². The van der Waals surface area contributed by atoms with Gasteiger partial charge in [0.2, 0.25) is 5.91 Å². The predicted molar refractivity (Wildman–Crippen MR) is 87.9 cm³/mol. The molecule has 0 fully saturated rings. The van der Waals surface area contributed by atoms with Crippen molar-refractivity contribution in [2.24, 2.45) is 0 Å². The first-order valence-corrected chi connectivity index (χ1v) is 7.83. The number of methoxy groups -OCH3 is 1. The van der Waals surface area contributed by atoms with Crippen molar-refractivity contribution in [3.63, 3.8) is 0 Å². The van der Waals surface area contributed by atoms with E-state index in [2.05, 4.69) is 14.9 Å². The first-order chi connectivity index (χ1) is 11.0. The van der Waals surface area contributed by atoms with Crippen LogP contribution in [0.2, 0.25) is 0 Å². The zero-order chi connectivity index (χ0) is 16.8. The number of nitrogens with one attached hydrogen (secondary N) is 1. The lowest BCUT2D eigenvalue weighted by atomic mass is 10.2. The summed E-state index contributed by atoms with van der Waals surface area (Å²) in [6.45, 7) is 1.85. The van der Waals surface area contributed by atoms with E-state index in [-0.39, 0.29) is 18.4 Å². The zero-order valence-electron chi connectivity index (χ0n) is 13.2. The number of ether oxygens (including phenoxy) is 1. The normalized spacial score (nSPS) is 10.2. The predicted octanol–water partition coefficient (Wildman–Crippen LogP) is 1.82. The van der Waals surface area contributed by atoms with E-state index in [1.165, 1.54) is 4.90 Å². The second-order valence-electron chi connectivity index (χ2n) is 4.84. The van der Waals surface area contributed by atoms with E-state index >= 15 is 0 Å². The average molecular weight is 334 g/mol. The Morgan fingerprint density at radius 3 is 2.87 bits per heavy atom. The van der Waals surface area contributed by atoms with Crippen LogP contribution in [0.5, 0.6) is 5.75 Å². The summed E-state index contributed by atoms with van der Waals surface area (Å²) in [5, 5.41) is 6.65. The van der Waals surface area contributed by atoms with Crippen LogP contribution in [-0.4, -0.2) is 47.0 Å². The maximum Gasteiger partial charge on any atom is 0.267 e. The molecular weight excluding hydrogens is 316 g/mol. The van der Waals surface area contributed by atoms with Gasteiger partial charge in [-0.2, -0.15) is 0 Å². The highest BCUT2D eigenvalue weighted by Gasteiger charge is 2.20. The van der Waals surface area contributed by atoms with Crippen molar-refractivity contribution in [3.8, 4) is 5.75 Å². The van der Waals surface area contributed by atoms with Gasteiger partial charge in [0.15, 0.2) is 0 Å². The third kappa shape index (κ3) is 4.26. The van der Waals surface area contributed by atoms with Crippen LogP contribution < -0.4 is 10.1 Å². The molecule has 0 atom stereocenters. The summed E-state index contributed by atoms with van der Waals surface area (Å²) < 4.78 is 8.89. The largest absolute Gasteiger partial charge is 0.497 e. The van der Waals surface area contributed by atoms with Gasteiger partial charge in [-0.25, -0.2) is 0 Å². The minimum absolute atomic E-state index is 0.0584. The summed E-state index contributed by atoms with van der Waals surface area (Å²) in [6.07, 6.45) is 0.626. The number of aryl methyl sites for hydroxylation is 1. The van der Waals surface area contributed by atoms with Gasteiger partial charge in [-0.1, -0.05) is 17.5 Å². The Kier molecular flexibility index (Phi) is 5.64. The summed E-state index contributed by atoms with van der Waals surface area (Å²) in [5.74, 6) is 0.109. The van der Waals surface area contributed by atoms with Crippen molar-refractivity contribution in [1.82, 2.24) is 14.5 Å². The summed E-state index contributed by atoms with van der Waals surface area (Å²) in [4.78, 5) is 26.2. The molecule has 0 bridgehead atoms. The Bertz CT molecular complexity index is 702. The summed E-state index contributed by atoms with van der Waals surface area (Å²) in [6, 6.07) is 7.03. The van der Waals surface area contributed by atoms with E-state index in [0.717, 1.165) is 11.5 Å². The van der Waals surface area contributed by atoms with Gasteiger partial charge in [0.25, 0.3) is 5.91 Å². The van der Waals surface area contributed by atoms with Gasteiger partial charge in [0.05, 0.1) is 19.3 Å². The van der Waals surface area contributed by atoms with Crippen LogP contribution in [0.15, 0.2) is 24.3 Å². The molecule has 0 spiro atoms. The second-order valence-corrected chi connectivity index (χ2v) is 5.60. The lowest BCUT2D eigenvalue weighted by molar-refractivity contribution is -0.116. The number of aromatic nitrogens is 2. The fourth-order valence-corrected chi connectivity index (χ4v) is 2.71. The van der Waals surface area contributed by atoms with Crippen LogP contribution in [-0.2, 0) is 11.2 Å². The summed E-state index contributed by atoms with van der Waals surface area (Å²) in [7, 11) is 3.13. The van der Waals surface area contributed by atoms with Crippen LogP contribution in [0.3, 0.4) is 0 Å². The average Bonchev–Trinajstić information content (AvgIpc) is 3.02. The van der Waals surface area contributed by atoms with Crippen molar-refractivity contribution >= 4 is 29.0 Å². The van der Waals surface area contributed by atoms with Gasteiger partial charge in [0.1, 0.15) is 10.6 Å². The van der Waals surface area contributed by atoms with Gasteiger partial charge in [-0.15, -0.1) is 5.10 Å². The minimum atomic E-state index is -0.287. The number of rotatable bonds is 6. The van der Waals surface area contributed by atoms with E-state index in [1.807, 2.05) is 6.92 Å². The van der Waals surface area contributed by atoms with E-state index < -0.39 is 0 Å². The van der Waals surface area contributed by atoms with Crippen molar-refractivity contribution < 1.29 is 14.3 Å². The smallest absolute Gasteiger partial charge is 0.267 e. The quantitative estimate of drug-likeness (QED) is 0.871. The first-order valence-electron chi connectivity index (χ1n) is 7.05. The highest BCUT2D eigenvalue weighted by Crippen LogP contribution is 2.17. The molecule has 2 amide bonds. The monoisotopic (exact) mass is 334 g/mol. The minimum Gasteiger partial charge on any atom is -0.497 e. The van der Waals surface area contributed by atoms with Crippen LogP contribution in [0.25, 0.3) is 0 Å². The Balaban J connectivity index is 1.97. The van der Waals surface area contributed by atoms with Gasteiger partial charge < -0.3 is 15.0 Å². The van der Waals surface area contributed by atoms with Crippen molar-refractivity contribution in [2.45, 2.75) is 13.3 Å². The molecule has 7 nitrogen and oxygen atoms in total. The SMILES string of the molecule is CCc1nnsc1C(=O)N(C)CC(=O)Nc1cccc(OC)c1. The lowest BCUT2D eigenvalue weighted by Gasteiger charge is -2.16. The Morgan fingerprint density at radius 1 is 1.39 bits per heavy atom. The number of benzene rings is 1. The van der Waals surface area contributed by atoms with Gasteiger partial charge in [0, 0.05) is 18.8 Å². The number of likely N-dealkylation sites (N-methyl/N-ethyl adjacent to an activating group) is 1. The lowest BCUT2D eigenvalue weighted by Crippen LogP contribution is -2.35. The maximum atomic E-state index is 12.3. The van der Waals surface area contributed by atoms with E-state index in [0.29, 0.717) is 28.4 Å². The molecule has 0 saturated carbocycles. The number of hydrogen-bond donors (Lipinski definition) is 1. The molecule has 2 rings (SSSR count). The molecule has 1 aromatic carbocycles. The first kappa shape index (κ1) is 16.9. The van der Waals surface area contributed by atoms with Crippen LogP contribution >= 0.6 is 11.5 Å². The fraction of sp³-hybridized carbons (Fsp3) is 0.333. The molecule has 122 valence electrons. The number of carbonyl (C=O) groups is 2. The molecule has 0 unspecified atom stereocenters. The fourth-order valence-electron chi connectivity index (χ4n) is 1.96. The van der Waals surface area contributed by atoms with E-state index in [1.54, 1.807) is 38.4 Å². The summed E-state index contributed by atoms with van der Waals surface area (Å²) in [5.41, 5.74) is 1.27. The molecule has 0 aliphatic heterocycles. The molecule has 23 heavy (non-hydrogen) atoms. The number of nitrogens with zero attached hydrogens (tertiary/aromatic N) is 3. The molecule has 1 N–H and O–H groups in total. The molecule has 1 heterocycles. The molecular formula is C15H18N4O3S. The maximum absolute atomic E-state index is 12.3. The Hall–Kier alpha value is -2.48. The Labute approximate surface area is 138 Å². The van der Waals surface area contributed by atoms with E-state index in [4.69, 9.17) is 4.74 Å². The van der Waals surface area contributed by atoms with Crippen LogP contribution in [0.1, 0.15) is 22.3 Å². The third-order valence-corrected chi connectivity index (χ3v) is 3.92. The molecule has 8 heteroatoms. The highest BCUT2D eigenvalue weighted by atomic mass is 32.1. The van der Waals surface area contributed by atoms with Crippen molar-refractivity contribution in [3.05, 3.63) is 34.8 Å². The zero-order valence-corrected chi connectivity index (χ0v) is 14.0. The number of anilines is 1. The van der Waals surface area contributed by atoms with Gasteiger partial charge in [-0.3, -0.25) is 9.59 Å². The van der Waals surface area contributed by atoms with Crippen LogP contribution in [0.4, 0.5) is 5.69 Å². The molecule has 0 saturated heterocycles. The molecule has 0 aliphatic rings. The van der Waals surface area contributed by atoms with E-state index in [9.17, 15) is 9.59 Å². The second kappa shape index (κ2) is 7.68. The van der Waals surface area contributed by atoms with Gasteiger partial charge in [-0.05, 0) is 30.1 Å². The molecule has 1 aromatic heterocycles. The number of hydrogen-bond acceptors (Lipinski definition) is 6. The highest BCUT2D eigenvalue weighted by molar-refractivity contribution is 7.08. The Morgan fingerprint density at radius 2 is 2.17 bits per heavy atom. The van der Waals surface area contributed by atoms with Crippen molar-refractivity contribution in [1.29, 1.82) is 0 Å². The standard InChI is InChI=1S/C15H18N4O3S/c1-4-12-14(23-18-17-12)15(21)19(2)9-13(20)16-10-6-5-7-11(8-10)22-3/h5-8H,4,9H2,1-3H3,(H,16,20). The molecule has 0 aliphatic carbocycles. The van der Waals surface area contributed by atoms with Gasteiger partial charge >= 0.3 is 0 Å². The third-order valence-electron chi connectivity index (χ3n) is 3.17.